The van der Waals surface area contributed by atoms with E-state index in [0.717, 1.165) is 5.56 Å². The number of imide groups is 1. The SMILES string of the molecule is CC1C(=O)NC(=O)CN1Cc1ccccc1N. The van der Waals surface area contributed by atoms with Crippen molar-refractivity contribution >= 4 is 17.5 Å². The lowest BCUT2D eigenvalue weighted by Crippen LogP contribution is -2.56. The number of nitrogens with one attached hydrogen (secondary N) is 1. The van der Waals surface area contributed by atoms with Gasteiger partial charge in [-0.3, -0.25) is 19.8 Å². The van der Waals surface area contributed by atoms with Crippen LogP contribution in [-0.4, -0.2) is 29.3 Å². The monoisotopic (exact) mass is 233 g/mol. The van der Waals surface area contributed by atoms with Crippen molar-refractivity contribution in [3.8, 4) is 0 Å². The zero-order valence-corrected chi connectivity index (χ0v) is 9.64. The third-order valence-electron chi connectivity index (χ3n) is 2.97. The molecule has 90 valence electrons. The Morgan fingerprint density at radius 3 is 2.82 bits per heavy atom. The second kappa shape index (κ2) is 4.55. The molecule has 5 heteroatoms. The second-order valence-corrected chi connectivity index (χ2v) is 4.19. The first kappa shape index (κ1) is 11.6. The minimum absolute atomic E-state index is 0.223. The van der Waals surface area contributed by atoms with E-state index in [2.05, 4.69) is 5.32 Å². The van der Waals surface area contributed by atoms with Crippen LogP contribution in [0, 0.1) is 0 Å². The molecule has 0 aliphatic carbocycles. The summed E-state index contributed by atoms with van der Waals surface area (Å²) in [6, 6.07) is 7.15. The van der Waals surface area contributed by atoms with E-state index < -0.39 is 0 Å². The number of nitrogens with two attached hydrogens (primary N) is 1. The lowest BCUT2D eigenvalue weighted by Gasteiger charge is -2.31. The van der Waals surface area contributed by atoms with Crippen molar-refractivity contribution in [1.29, 1.82) is 0 Å². The van der Waals surface area contributed by atoms with Gasteiger partial charge in [-0.05, 0) is 18.6 Å². The van der Waals surface area contributed by atoms with Crippen molar-refractivity contribution in [2.75, 3.05) is 12.3 Å². The minimum Gasteiger partial charge on any atom is -0.398 e. The summed E-state index contributed by atoms with van der Waals surface area (Å²) in [5, 5.41) is 2.31. The van der Waals surface area contributed by atoms with Crippen LogP contribution in [0.1, 0.15) is 12.5 Å². The van der Waals surface area contributed by atoms with Crippen LogP contribution in [0.15, 0.2) is 24.3 Å². The zero-order chi connectivity index (χ0) is 12.4. The third kappa shape index (κ3) is 2.45. The molecule has 1 atom stereocenters. The fourth-order valence-corrected chi connectivity index (χ4v) is 1.86. The molecule has 0 spiro atoms. The Kier molecular flexibility index (Phi) is 3.10. The van der Waals surface area contributed by atoms with Gasteiger partial charge in [0.1, 0.15) is 0 Å². The van der Waals surface area contributed by atoms with Gasteiger partial charge in [0.05, 0.1) is 12.6 Å². The van der Waals surface area contributed by atoms with E-state index in [0.29, 0.717) is 12.2 Å². The first-order valence-electron chi connectivity index (χ1n) is 5.49. The topological polar surface area (TPSA) is 75.4 Å². The number of anilines is 1. The summed E-state index contributed by atoms with van der Waals surface area (Å²) >= 11 is 0. The van der Waals surface area contributed by atoms with Crippen molar-refractivity contribution in [2.24, 2.45) is 0 Å². The largest absolute Gasteiger partial charge is 0.398 e. The zero-order valence-electron chi connectivity index (χ0n) is 9.64. The summed E-state index contributed by atoms with van der Waals surface area (Å²) in [5.41, 5.74) is 7.45. The van der Waals surface area contributed by atoms with Crippen molar-refractivity contribution in [1.82, 2.24) is 10.2 Å². The van der Waals surface area contributed by atoms with E-state index in [1.54, 1.807) is 6.92 Å². The Balaban J connectivity index is 2.15. The Labute approximate surface area is 99.6 Å². The Morgan fingerprint density at radius 1 is 1.41 bits per heavy atom. The first-order valence-corrected chi connectivity index (χ1v) is 5.49. The molecule has 1 heterocycles. The van der Waals surface area contributed by atoms with E-state index in [4.69, 9.17) is 5.73 Å². The van der Waals surface area contributed by atoms with Crippen LogP contribution in [0.2, 0.25) is 0 Å². The van der Waals surface area contributed by atoms with Gasteiger partial charge < -0.3 is 5.73 Å². The van der Waals surface area contributed by atoms with Crippen molar-refractivity contribution < 1.29 is 9.59 Å². The minimum atomic E-state index is -0.313. The Bertz CT molecular complexity index is 459. The van der Waals surface area contributed by atoms with E-state index >= 15 is 0 Å². The normalized spacial score (nSPS) is 21.4. The molecule has 1 saturated heterocycles. The summed E-state index contributed by atoms with van der Waals surface area (Å²) in [7, 11) is 0. The summed E-state index contributed by atoms with van der Waals surface area (Å²) in [4.78, 5) is 24.6. The molecule has 3 N–H and O–H groups in total. The van der Waals surface area contributed by atoms with Gasteiger partial charge in [0.15, 0.2) is 0 Å². The van der Waals surface area contributed by atoms with Gasteiger partial charge in [-0.1, -0.05) is 18.2 Å². The smallest absolute Gasteiger partial charge is 0.243 e. The average molecular weight is 233 g/mol. The highest BCUT2D eigenvalue weighted by molar-refractivity contribution is 6.00. The molecule has 5 nitrogen and oxygen atoms in total. The number of hydrogen-bond donors (Lipinski definition) is 2. The quantitative estimate of drug-likeness (QED) is 0.562. The maximum atomic E-state index is 11.5. The molecular weight excluding hydrogens is 218 g/mol. The lowest BCUT2D eigenvalue weighted by molar-refractivity contribution is -0.139. The van der Waals surface area contributed by atoms with E-state index in [9.17, 15) is 9.59 Å². The first-order chi connectivity index (χ1) is 8.08. The van der Waals surface area contributed by atoms with Crippen LogP contribution in [0.5, 0.6) is 0 Å². The molecule has 1 unspecified atom stereocenters. The molecule has 1 aliphatic heterocycles. The Morgan fingerprint density at radius 2 is 2.12 bits per heavy atom. The van der Waals surface area contributed by atoms with Gasteiger partial charge in [0, 0.05) is 12.2 Å². The molecule has 17 heavy (non-hydrogen) atoms. The number of para-hydroxylation sites is 1. The lowest BCUT2D eigenvalue weighted by atomic mass is 10.1. The molecular formula is C12H15N3O2. The predicted molar refractivity (Wildman–Crippen MR) is 63.9 cm³/mol. The number of piperazine rings is 1. The summed E-state index contributed by atoms with van der Waals surface area (Å²) in [5.74, 6) is -0.515. The summed E-state index contributed by atoms with van der Waals surface area (Å²) in [6.07, 6.45) is 0. The highest BCUT2D eigenvalue weighted by atomic mass is 16.2. The van der Waals surface area contributed by atoms with Crippen LogP contribution in [-0.2, 0) is 16.1 Å². The van der Waals surface area contributed by atoms with Gasteiger partial charge in [-0.25, -0.2) is 0 Å². The highest BCUT2D eigenvalue weighted by Gasteiger charge is 2.30. The molecule has 1 aliphatic rings. The fraction of sp³-hybridized carbons (Fsp3) is 0.333. The number of benzene rings is 1. The van der Waals surface area contributed by atoms with Gasteiger partial charge in [-0.2, -0.15) is 0 Å². The van der Waals surface area contributed by atoms with Gasteiger partial charge >= 0.3 is 0 Å². The summed E-state index contributed by atoms with van der Waals surface area (Å²) in [6.45, 7) is 2.51. The average Bonchev–Trinajstić information content (AvgIpc) is 2.28. The number of rotatable bonds is 2. The van der Waals surface area contributed by atoms with Crippen molar-refractivity contribution in [2.45, 2.75) is 19.5 Å². The molecule has 2 rings (SSSR count). The van der Waals surface area contributed by atoms with Crippen molar-refractivity contribution in [3.05, 3.63) is 29.8 Å². The molecule has 0 aromatic heterocycles. The maximum absolute atomic E-state index is 11.5. The number of amides is 2. The highest BCUT2D eigenvalue weighted by Crippen LogP contribution is 2.16. The number of nitrogens with zero attached hydrogens (tertiary/aromatic N) is 1. The maximum Gasteiger partial charge on any atom is 0.243 e. The fourth-order valence-electron chi connectivity index (χ4n) is 1.86. The molecule has 1 fully saturated rings. The number of hydrogen-bond acceptors (Lipinski definition) is 4. The molecule has 1 aromatic carbocycles. The number of nitrogen functional groups attached to an aromatic ring is 1. The number of carbonyl (C=O) groups excluding carboxylic acids is 2. The Hall–Kier alpha value is -1.88. The van der Waals surface area contributed by atoms with Gasteiger partial charge in [-0.15, -0.1) is 0 Å². The second-order valence-electron chi connectivity index (χ2n) is 4.19. The van der Waals surface area contributed by atoms with Gasteiger partial charge in [0.25, 0.3) is 0 Å². The van der Waals surface area contributed by atoms with E-state index in [-0.39, 0.29) is 24.4 Å². The van der Waals surface area contributed by atoms with Gasteiger partial charge in [0.2, 0.25) is 11.8 Å². The molecule has 0 saturated carbocycles. The number of carbonyl (C=O) groups is 2. The van der Waals surface area contributed by atoms with E-state index in [1.807, 2.05) is 29.2 Å². The van der Waals surface area contributed by atoms with Crippen LogP contribution >= 0.6 is 0 Å². The molecule has 2 amide bonds. The van der Waals surface area contributed by atoms with Crippen LogP contribution in [0.25, 0.3) is 0 Å². The summed E-state index contributed by atoms with van der Waals surface area (Å²) < 4.78 is 0. The van der Waals surface area contributed by atoms with Crippen molar-refractivity contribution in [3.63, 3.8) is 0 Å². The molecule has 0 bridgehead atoms. The van der Waals surface area contributed by atoms with Crippen LogP contribution in [0.4, 0.5) is 5.69 Å². The molecule has 1 aromatic rings. The van der Waals surface area contributed by atoms with E-state index in [1.165, 1.54) is 0 Å². The van der Waals surface area contributed by atoms with Crippen LogP contribution < -0.4 is 11.1 Å². The predicted octanol–water partition coefficient (Wildman–Crippen LogP) is 0.116. The van der Waals surface area contributed by atoms with Crippen LogP contribution in [0.3, 0.4) is 0 Å². The standard InChI is InChI=1S/C12H15N3O2/c1-8-12(17)14-11(16)7-15(8)6-9-4-2-3-5-10(9)13/h2-5,8H,6-7,13H2,1H3,(H,14,16,17). The third-order valence-corrected chi connectivity index (χ3v) is 2.97. The molecule has 0 radical (unpaired) electrons.